The molecule has 0 fully saturated rings. The summed E-state index contributed by atoms with van der Waals surface area (Å²) in [6.07, 6.45) is 0. The second kappa shape index (κ2) is 7.08. The molecule has 1 aromatic heterocycles. The van der Waals surface area contributed by atoms with E-state index >= 15 is 0 Å². The number of anilines is 1. The van der Waals surface area contributed by atoms with E-state index in [0.29, 0.717) is 37.1 Å². The molecule has 0 atom stereocenters. The molecule has 3 aromatic rings. The van der Waals surface area contributed by atoms with Gasteiger partial charge in [-0.3, -0.25) is 4.79 Å². The summed E-state index contributed by atoms with van der Waals surface area (Å²) in [5.41, 5.74) is 0.997. The lowest BCUT2D eigenvalue weighted by molar-refractivity contribution is 0.0997. The van der Waals surface area contributed by atoms with Crippen molar-refractivity contribution in [1.29, 1.82) is 0 Å². The van der Waals surface area contributed by atoms with E-state index in [0.717, 1.165) is 0 Å². The fourth-order valence-electron chi connectivity index (χ4n) is 2.07. The molecule has 2 aromatic carbocycles. The first-order chi connectivity index (χ1) is 11.4. The third-order valence-corrected chi connectivity index (χ3v) is 4.33. The van der Waals surface area contributed by atoms with Crippen molar-refractivity contribution in [1.82, 2.24) is 0 Å². The molecule has 0 aliphatic carbocycles. The Bertz CT molecular complexity index is 921. The van der Waals surface area contributed by atoms with Crippen molar-refractivity contribution >= 4 is 58.0 Å². The summed E-state index contributed by atoms with van der Waals surface area (Å²) >= 11 is 24.0. The van der Waals surface area contributed by atoms with Crippen LogP contribution in [0.25, 0.3) is 11.3 Å². The number of amides is 1. The van der Waals surface area contributed by atoms with Crippen LogP contribution < -0.4 is 5.32 Å². The van der Waals surface area contributed by atoms with Crippen molar-refractivity contribution < 1.29 is 9.21 Å². The summed E-state index contributed by atoms with van der Waals surface area (Å²) in [6, 6.07) is 13.0. The number of hydrogen-bond acceptors (Lipinski definition) is 2. The fourth-order valence-corrected chi connectivity index (χ4v) is 2.79. The summed E-state index contributed by atoms with van der Waals surface area (Å²) in [4.78, 5) is 12.3. The van der Waals surface area contributed by atoms with Crippen LogP contribution in [-0.4, -0.2) is 5.91 Å². The fraction of sp³-hybridized carbons (Fsp3) is 0. The molecule has 1 N–H and O–H groups in total. The van der Waals surface area contributed by atoms with Crippen molar-refractivity contribution in [2.75, 3.05) is 5.32 Å². The van der Waals surface area contributed by atoms with Gasteiger partial charge in [0.15, 0.2) is 5.76 Å². The third-order valence-electron chi connectivity index (χ3n) is 3.20. The van der Waals surface area contributed by atoms with Crippen LogP contribution in [0.4, 0.5) is 5.69 Å². The average molecular weight is 401 g/mol. The van der Waals surface area contributed by atoms with Crippen molar-refractivity contribution in [3.63, 3.8) is 0 Å². The topological polar surface area (TPSA) is 42.2 Å². The van der Waals surface area contributed by atoms with Gasteiger partial charge in [-0.25, -0.2) is 0 Å². The Labute approximate surface area is 158 Å². The van der Waals surface area contributed by atoms with Gasteiger partial charge in [-0.1, -0.05) is 46.4 Å². The predicted octanol–water partition coefficient (Wildman–Crippen LogP) is 6.81. The highest BCUT2D eigenvalue weighted by molar-refractivity contribution is 6.36. The summed E-state index contributed by atoms with van der Waals surface area (Å²) in [6.45, 7) is 0. The van der Waals surface area contributed by atoms with Crippen LogP contribution in [0.3, 0.4) is 0 Å². The first-order valence-electron chi connectivity index (χ1n) is 6.76. The quantitative estimate of drug-likeness (QED) is 0.524. The lowest BCUT2D eigenvalue weighted by Gasteiger charge is -2.06. The number of hydrogen-bond donors (Lipinski definition) is 1. The number of furan rings is 1. The smallest absolute Gasteiger partial charge is 0.291 e. The monoisotopic (exact) mass is 399 g/mol. The zero-order valence-corrected chi connectivity index (χ0v) is 15.0. The summed E-state index contributed by atoms with van der Waals surface area (Å²) < 4.78 is 5.58. The molecule has 0 aliphatic rings. The van der Waals surface area contributed by atoms with Crippen molar-refractivity contribution in [3.8, 4) is 11.3 Å². The van der Waals surface area contributed by atoms with E-state index in [4.69, 9.17) is 50.8 Å². The van der Waals surface area contributed by atoms with Crippen molar-refractivity contribution in [2.45, 2.75) is 0 Å². The minimum atomic E-state index is -0.455. The highest BCUT2D eigenvalue weighted by atomic mass is 35.5. The Morgan fingerprint density at radius 2 is 1.50 bits per heavy atom. The van der Waals surface area contributed by atoms with Crippen LogP contribution in [0, 0.1) is 0 Å². The van der Waals surface area contributed by atoms with Crippen LogP contribution in [0.1, 0.15) is 10.6 Å². The second-order valence-corrected chi connectivity index (χ2v) is 6.55. The maximum absolute atomic E-state index is 12.3. The Balaban J connectivity index is 1.86. The molecule has 0 radical (unpaired) electrons. The van der Waals surface area contributed by atoms with Crippen LogP contribution in [-0.2, 0) is 0 Å². The number of halogens is 4. The van der Waals surface area contributed by atoms with E-state index in [1.807, 2.05) is 0 Å². The molecule has 1 heterocycles. The average Bonchev–Trinajstić information content (AvgIpc) is 3.03. The largest absolute Gasteiger partial charge is 0.451 e. The van der Waals surface area contributed by atoms with Gasteiger partial charge in [-0.15, -0.1) is 0 Å². The highest BCUT2D eigenvalue weighted by Crippen LogP contribution is 2.32. The molecule has 122 valence electrons. The van der Waals surface area contributed by atoms with E-state index < -0.39 is 5.91 Å². The molecule has 0 spiro atoms. The summed E-state index contributed by atoms with van der Waals surface area (Å²) in [5, 5.41) is 4.47. The van der Waals surface area contributed by atoms with Crippen LogP contribution in [0.5, 0.6) is 0 Å². The zero-order valence-electron chi connectivity index (χ0n) is 11.9. The molecule has 1 amide bonds. The number of carbonyl (C=O) groups is 1. The molecule has 0 saturated heterocycles. The molecule has 0 bridgehead atoms. The maximum atomic E-state index is 12.3. The third kappa shape index (κ3) is 3.70. The van der Waals surface area contributed by atoms with E-state index in [1.165, 1.54) is 0 Å². The van der Waals surface area contributed by atoms with Gasteiger partial charge in [0.05, 0.1) is 15.7 Å². The van der Waals surface area contributed by atoms with Crippen LogP contribution in [0.2, 0.25) is 20.1 Å². The summed E-state index contributed by atoms with van der Waals surface area (Å²) in [5.74, 6) is 0.0884. The lowest BCUT2D eigenvalue weighted by atomic mass is 10.2. The van der Waals surface area contributed by atoms with Crippen molar-refractivity contribution in [2.24, 2.45) is 0 Å². The zero-order chi connectivity index (χ0) is 17.3. The molecular formula is C17H9Cl4NO2. The van der Waals surface area contributed by atoms with Crippen LogP contribution >= 0.6 is 46.4 Å². The van der Waals surface area contributed by atoms with Gasteiger partial charge in [0.25, 0.3) is 5.91 Å². The minimum absolute atomic E-state index is 0.108. The number of benzene rings is 2. The van der Waals surface area contributed by atoms with Crippen LogP contribution in [0.15, 0.2) is 52.9 Å². The molecule has 24 heavy (non-hydrogen) atoms. The van der Waals surface area contributed by atoms with E-state index in [1.54, 1.807) is 48.5 Å². The predicted molar refractivity (Wildman–Crippen MR) is 98.6 cm³/mol. The Hall–Kier alpha value is -1.65. The Morgan fingerprint density at radius 1 is 0.833 bits per heavy atom. The second-order valence-electron chi connectivity index (χ2n) is 4.87. The number of nitrogens with one attached hydrogen (secondary N) is 1. The van der Waals surface area contributed by atoms with Gasteiger partial charge >= 0.3 is 0 Å². The molecular weight excluding hydrogens is 392 g/mol. The standard InChI is InChI=1S/C17H9Cl4NO2/c18-9-1-3-12(20)11(7-9)15-5-6-16(24-15)17(23)22-14-8-10(19)2-4-13(14)21/h1-8H,(H,22,23). The van der Waals surface area contributed by atoms with Gasteiger partial charge in [0, 0.05) is 15.6 Å². The minimum Gasteiger partial charge on any atom is -0.451 e. The highest BCUT2D eigenvalue weighted by Gasteiger charge is 2.15. The van der Waals surface area contributed by atoms with Gasteiger partial charge in [-0.05, 0) is 48.5 Å². The van der Waals surface area contributed by atoms with E-state index in [9.17, 15) is 4.79 Å². The van der Waals surface area contributed by atoms with Crippen molar-refractivity contribution in [3.05, 3.63) is 74.4 Å². The van der Waals surface area contributed by atoms with Gasteiger partial charge < -0.3 is 9.73 Å². The normalized spacial score (nSPS) is 10.7. The van der Waals surface area contributed by atoms with Gasteiger partial charge in [-0.2, -0.15) is 0 Å². The molecule has 0 aliphatic heterocycles. The molecule has 0 saturated carbocycles. The van der Waals surface area contributed by atoms with Gasteiger partial charge in [0.1, 0.15) is 5.76 Å². The van der Waals surface area contributed by atoms with E-state index in [-0.39, 0.29) is 5.76 Å². The molecule has 0 unspecified atom stereocenters. The van der Waals surface area contributed by atoms with Gasteiger partial charge in [0.2, 0.25) is 0 Å². The molecule has 7 heteroatoms. The molecule has 3 nitrogen and oxygen atoms in total. The number of rotatable bonds is 3. The Morgan fingerprint density at radius 3 is 2.25 bits per heavy atom. The Kier molecular flexibility index (Phi) is 5.07. The van der Waals surface area contributed by atoms with E-state index in [2.05, 4.69) is 5.32 Å². The number of carbonyl (C=O) groups excluding carboxylic acids is 1. The first-order valence-corrected chi connectivity index (χ1v) is 8.27. The lowest BCUT2D eigenvalue weighted by Crippen LogP contribution is -2.11. The SMILES string of the molecule is O=C(Nc1cc(Cl)ccc1Cl)c1ccc(-c2cc(Cl)ccc2Cl)o1. The summed E-state index contributed by atoms with van der Waals surface area (Å²) in [7, 11) is 0. The first kappa shape index (κ1) is 17.2. The molecule has 3 rings (SSSR count). The maximum Gasteiger partial charge on any atom is 0.291 e.